The third kappa shape index (κ3) is 3.28. The summed E-state index contributed by atoms with van der Waals surface area (Å²) in [5.74, 6) is 0. The fourth-order valence-corrected chi connectivity index (χ4v) is 2.99. The molecule has 0 aromatic heterocycles. The van der Waals surface area contributed by atoms with Crippen LogP contribution in [0, 0.1) is 0 Å². The number of nitrogens with zero attached hydrogens (tertiary/aromatic N) is 2. The Morgan fingerprint density at radius 1 is 1.30 bits per heavy atom. The van der Waals surface area contributed by atoms with Crippen molar-refractivity contribution in [3.63, 3.8) is 0 Å². The maximum absolute atomic E-state index is 13.3. The van der Waals surface area contributed by atoms with Gasteiger partial charge in [0.1, 0.15) is 0 Å². The molecular weight excluding hydrogens is 333 g/mol. The van der Waals surface area contributed by atoms with Crippen LogP contribution in [0.1, 0.15) is 18.1 Å². The fourth-order valence-electron chi connectivity index (χ4n) is 2.64. The zero-order chi connectivity index (χ0) is 14.9. The SMILES string of the molecule is CC1CN(C)CCN1c1ccc(CBr)cc1C(F)(F)F. The van der Waals surface area contributed by atoms with Gasteiger partial charge in [-0.15, -0.1) is 0 Å². The number of piperazine rings is 1. The number of hydrogen-bond acceptors (Lipinski definition) is 2. The monoisotopic (exact) mass is 350 g/mol. The van der Waals surface area contributed by atoms with Gasteiger partial charge in [0, 0.05) is 36.7 Å². The molecule has 1 aliphatic rings. The van der Waals surface area contributed by atoms with Crippen LogP contribution in [-0.4, -0.2) is 37.6 Å². The summed E-state index contributed by atoms with van der Waals surface area (Å²) in [6, 6.07) is 4.67. The molecule has 1 atom stereocenters. The highest BCUT2D eigenvalue weighted by Gasteiger charge is 2.36. The first-order chi connectivity index (χ1) is 9.32. The number of benzene rings is 1. The predicted molar refractivity (Wildman–Crippen MR) is 78.4 cm³/mol. The molecule has 112 valence electrons. The summed E-state index contributed by atoms with van der Waals surface area (Å²) >= 11 is 3.21. The average Bonchev–Trinajstić information content (AvgIpc) is 2.37. The highest BCUT2D eigenvalue weighted by Crippen LogP contribution is 2.38. The van der Waals surface area contributed by atoms with Crippen molar-refractivity contribution in [2.45, 2.75) is 24.5 Å². The number of rotatable bonds is 2. The van der Waals surface area contributed by atoms with Gasteiger partial charge < -0.3 is 9.80 Å². The highest BCUT2D eigenvalue weighted by molar-refractivity contribution is 9.08. The second-order valence-corrected chi connectivity index (χ2v) is 5.85. The molecule has 1 heterocycles. The quantitative estimate of drug-likeness (QED) is 0.749. The van der Waals surface area contributed by atoms with Crippen molar-refractivity contribution in [3.8, 4) is 0 Å². The minimum Gasteiger partial charge on any atom is -0.366 e. The summed E-state index contributed by atoms with van der Waals surface area (Å²) in [7, 11) is 1.99. The molecule has 2 rings (SSSR count). The van der Waals surface area contributed by atoms with Gasteiger partial charge in [-0.25, -0.2) is 0 Å². The zero-order valence-corrected chi connectivity index (χ0v) is 13.1. The Balaban J connectivity index is 2.40. The normalized spacial score (nSPS) is 21.3. The van der Waals surface area contributed by atoms with Crippen molar-refractivity contribution >= 4 is 21.6 Å². The van der Waals surface area contributed by atoms with Gasteiger partial charge in [-0.1, -0.05) is 22.0 Å². The molecule has 0 saturated carbocycles. The molecule has 1 aromatic rings. The topological polar surface area (TPSA) is 6.48 Å². The molecule has 0 bridgehead atoms. The molecular formula is C14H18BrF3N2. The van der Waals surface area contributed by atoms with E-state index in [0.29, 0.717) is 23.1 Å². The predicted octanol–water partition coefficient (Wildman–Crippen LogP) is 3.74. The lowest BCUT2D eigenvalue weighted by molar-refractivity contribution is -0.137. The molecule has 1 aliphatic heterocycles. The minimum absolute atomic E-state index is 0.0738. The maximum Gasteiger partial charge on any atom is 0.418 e. The Bertz CT molecular complexity index is 476. The largest absolute Gasteiger partial charge is 0.418 e. The molecule has 0 aliphatic carbocycles. The van der Waals surface area contributed by atoms with Gasteiger partial charge in [-0.2, -0.15) is 13.2 Å². The summed E-state index contributed by atoms with van der Waals surface area (Å²) in [6.07, 6.45) is -4.32. The zero-order valence-electron chi connectivity index (χ0n) is 11.5. The van der Waals surface area contributed by atoms with Gasteiger partial charge in [0.05, 0.1) is 5.56 Å². The van der Waals surface area contributed by atoms with Crippen LogP contribution in [0.25, 0.3) is 0 Å². The van der Waals surface area contributed by atoms with Gasteiger partial charge in [0.15, 0.2) is 0 Å². The fraction of sp³-hybridized carbons (Fsp3) is 0.571. The van der Waals surface area contributed by atoms with E-state index in [2.05, 4.69) is 20.8 Å². The molecule has 0 radical (unpaired) electrons. The Morgan fingerprint density at radius 2 is 2.00 bits per heavy atom. The standard InChI is InChI=1S/C14H18BrF3N2/c1-10-9-19(2)5-6-20(10)13-4-3-11(8-15)7-12(13)14(16,17)18/h3-4,7,10H,5-6,8-9H2,1-2H3. The van der Waals surface area contributed by atoms with Crippen molar-refractivity contribution in [3.05, 3.63) is 29.3 Å². The Hall–Kier alpha value is -0.750. The summed E-state index contributed by atoms with van der Waals surface area (Å²) in [5.41, 5.74) is 0.400. The summed E-state index contributed by atoms with van der Waals surface area (Å²) in [6.45, 7) is 4.14. The number of halogens is 4. The summed E-state index contributed by atoms with van der Waals surface area (Å²) in [5, 5.41) is 0.425. The lowest BCUT2D eigenvalue weighted by Crippen LogP contribution is -2.51. The van der Waals surface area contributed by atoms with E-state index in [-0.39, 0.29) is 6.04 Å². The van der Waals surface area contributed by atoms with E-state index in [4.69, 9.17) is 0 Å². The third-order valence-electron chi connectivity index (χ3n) is 3.66. The van der Waals surface area contributed by atoms with Crippen LogP contribution in [0.4, 0.5) is 18.9 Å². The van der Waals surface area contributed by atoms with E-state index < -0.39 is 11.7 Å². The Kier molecular flexibility index (Phi) is 4.64. The minimum atomic E-state index is -4.32. The van der Waals surface area contributed by atoms with Gasteiger partial charge in [0.2, 0.25) is 0 Å². The Morgan fingerprint density at radius 3 is 2.55 bits per heavy atom. The second-order valence-electron chi connectivity index (χ2n) is 5.29. The first-order valence-electron chi connectivity index (χ1n) is 6.54. The van der Waals surface area contributed by atoms with Gasteiger partial charge in [0.25, 0.3) is 0 Å². The lowest BCUT2D eigenvalue weighted by Gasteiger charge is -2.40. The van der Waals surface area contributed by atoms with Gasteiger partial charge >= 0.3 is 6.18 Å². The first kappa shape index (κ1) is 15.6. The molecule has 1 aromatic carbocycles. The van der Waals surface area contributed by atoms with E-state index in [1.807, 2.05) is 18.9 Å². The van der Waals surface area contributed by atoms with Crippen LogP contribution in [0.2, 0.25) is 0 Å². The molecule has 20 heavy (non-hydrogen) atoms. The molecule has 0 amide bonds. The van der Waals surface area contributed by atoms with E-state index in [1.54, 1.807) is 12.1 Å². The molecule has 0 spiro atoms. The molecule has 1 saturated heterocycles. The molecule has 1 unspecified atom stereocenters. The van der Waals surface area contributed by atoms with Crippen LogP contribution in [-0.2, 0) is 11.5 Å². The molecule has 6 heteroatoms. The van der Waals surface area contributed by atoms with Crippen LogP contribution in [0.5, 0.6) is 0 Å². The number of hydrogen-bond donors (Lipinski definition) is 0. The molecule has 1 fully saturated rings. The van der Waals surface area contributed by atoms with Crippen molar-refractivity contribution in [2.75, 3.05) is 31.6 Å². The number of likely N-dealkylation sites (N-methyl/N-ethyl adjacent to an activating group) is 1. The summed E-state index contributed by atoms with van der Waals surface area (Å²) in [4.78, 5) is 4.00. The first-order valence-corrected chi connectivity index (χ1v) is 7.66. The van der Waals surface area contributed by atoms with E-state index in [1.165, 1.54) is 6.07 Å². The lowest BCUT2D eigenvalue weighted by atomic mass is 10.0. The third-order valence-corrected chi connectivity index (χ3v) is 4.31. The van der Waals surface area contributed by atoms with Crippen LogP contribution in [0.15, 0.2) is 18.2 Å². The van der Waals surface area contributed by atoms with E-state index in [0.717, 1.165) is 13.1 Å². The van der Waals surface area contributed by atoms with Gasteiger partial charge in [-0.05, 0) is 31.7 Å². The van der Waals surface area contributed by atoms with E-state index in [9.17, 15) is 13.2 Å². The smallest absolute Gasteiger partial charge is 0.366 e. The van der Waals surface area contributed by atoms with Crippen molar-refractivity contribution < 1.29 is 13.2 Å². The van der Waals surface area contributed by atoms with Crippen LogP contribution in [0.3, 0.4) is 0 Å². The van der Waals surface area contributed by atoms with Gasteiger partial charge in [-0.3, -0.25) is 0 Å². The summed E-state index contributed by atoms with van der Waals surface area (Å²) < 4.78 is 39.8. The molecule has 2 nitrogen and oxygen atoms in total. The molecule has 0 N–H and O–H groups in total. The highest BCUT2D eigenvalue weighted by atomic mass is 79.9. The second kappa shape index (κ2) is 5.93. The average molecular weight is 351 g/mol. The van der Waals surface area contributed by atoms with Crippen molar-refractivity contribution in [1.29, 1.82) is 0 Å². The maximum atomic E-state index is 13.3. The van der Waals surface area contributed by atoms with Crippen LogP contribution >= 0.6 is 15.9 Å². The number of alkyl halides is 4. The Labute approximate surface area is 125 Å². The van der Waals surface area contributed by atoms with E-state index >= 15 is 0 Å². The number of anilines is 1. The van der Waals surface area contributed by atoms with Crippen molar-refractivity contribution in [2.24, 2.45) is 0 Å². The van der Waals surface area contributed by atoms with Crippen molar-refractivity contribution in [1.82, 2.24) is 4.90 Å². The van der Waals surface area contributed by atoms with Crippen LogP contribution < -0.4 is 4.90 Å².